The van der Waals surface area contributed by atoms with Crippen molar-refractivity contribution in [1.29, 1.82) is 0 Å². The topological polar surface area (TPSA) is 83.1 Å². The first-order valence-corrected chi connectivity index (χ1v) is 4.08. The number of H-pyrrole nitrogens is 1. The zero-order valence-corrected chi connectivity index (χ0v) is 10.1. The van der Waals surface area contributed by atoms with Crippen molar-refractivity contribution in [3.63, 3.8) is 0 Å². The average Bonchev–Trinajstić information content (AvgIpc) is 2.61. The molecular formula is C6H4N3NaO3S. The van der Waals surface area contributed by atoms with E-state index < -0.39 is 0 Å². The van der Waals surface area contributed by atoms with Gasteiger partial charge in [0.1, 0.15) is 11.0 Å². The number of aromatic amines is 1. The number of aromatic nitrogens is 3. The zero-order chi connectivity index (χ0) is 9.10. The van der Waals surface area contributed by atoms with Crippen molar-refractivity contribution < 1.29 is 44.2 Å². The van der Waals surface area contributed by atoms with Crippen LogP contribution >= 0.6 is 12.0 Å². The third-order valence-electron chi connectivity index (χ3n) is 1.45. The molecular weight excluding hydrogens is 217 g/mol. The van der Waals surface area contributed by atoms with Crippen LogP contribution in [-0.4, -0.2) is 15.4 Å². The van der Waals surface area contributed by atoms with E-state index in [-0.39, 0.29) is 29.6 Å². The standard InChI is InChI=1S/C6H5N3O3S.Na/c10-11-12-13-4-1-2-5-6(3-4)8-9-7-5;/h1-3,10H,(H,7,8,9);/q;+1/p-1. The molecule has 1 aromatic carbocycles. The zero-order valence-electron chi connectivity index (χ0n) is 7.26. The van der Waals surface area contributed by atoms with Gasteiger partial charge in [-0.05, 0) is 18.2 Å². The van der Waals surface area contributed by atoms with Gasteiger partial charge in [0.2, 0.25) is 0 Å². The molecule has 0 radical (unpaired) electrons. The number of fused-ring (bicyclic) bond motifs is 1. The molecule has 8 heteroatoms. The van der Waals surface area contributed by atoms with Gasteiger partial charge in [-0.25, -0.2) is 0 Å². The molecule has 0 saturated heterocycles. The maximum Gasteiger partial charge on any atom is 1.00 e. The molecule has 0 bridgehead atoms. The molecule has 68 valence electrons. The van der Waals surface area contributed by atoms with Crippen molar-refractivity contribution in [3.8, 4) is 0 Å². The summed E-state index contributed by atoms with van der Waals surface area (Å²) in [6, 6.07) is 5.23. The third kappa shape index (κ3) is 2.67. The van der Waals surface area contributed by atoms with Crippen LogP contribution in [-0.2, 0) is 9.37 Å². The van der Waals surface area contributed by atoms with Crippen molar-refractivity contribution in [2.45, 2.75) is 4.90 Å². The average molecular weight is 221 g/mol. The Morgan fingerprint density at radius 1 is 1.29 bits per heavy atom. The van der Waals surface area contributed by atoms with Crippen LogP contribution in [0.15, 0.2) is 23.1 Å². The maximum absolute atomic E-state index is 9.54. The Kier molecular flexibility index (Phi) is 4.82. The molecule has 0 aliphatic heterocycles. The van der Waals surface area contributed by atoms with Gasteiger partial charge in [-0.2, -0.15) is 19.7 Å². The van der Waals surface area contributed by atoms with Gasteiger partial charge in [-0.15, -0.1) is 0 Å². The minimum Gasteiger partial charge on any atom is -0.691 e. The molecule has 1 heterocycles. The number of nitrogens with zero attached hydrogens (tertiary/aromatic N) is 2. The van der Waals surface area contributed by atoms with Gasteiger partial charge in [0.05, 0.1) is 12.0 Å². The fourth-order valence-electron chi connectivity index (χ4n) is 0.925. The summed E-state index contributed by atoms with van der Waals surface area (Å²) in [6.45, 7) is 0. The van der Waals surface area contributed by atoms with Gasteiger partial charge in [0, 0.05) is 4.90 Å². The summed E-state index contributed by atoms with van der Waals surface area (Å²) < 4.78 is 4.15. The second-order valence-electron chi connectivity index (χ2n) is 2.19. The largest absolute Gasteiger partial charge is 1.00 e. The van der Waals surface area contributed by atoms with Gasteiger partial charge in [0.15, 0.2) is 0 Å². The quantitative estimate of drug-likeness (QED) is 0.261. The smallest absolute Gasteiger partial charge is 0.691 e. The van der Waals surface area contributed by atoms with E-state index in [0.29, 0.717) is 5.52 Å². The van der Waals surface area contributed by atoms with Crippen molar-refractivity contribution in [3.05, 3.63) is 18.2 Å². The summed E-state index contributed by atoms with van der Waals surface area (Å²) in [5, 5.41) is 23.0. The Labute approximate surface area is 105 Å². The Balaban J connectivity index is 0.000000980. The van der Waals surface area contributed by atoms with Gasteiger partial charge in [0.25, 0.3) is 0 Å². The van der Waals surface area contributed by atoms with Crippen molar-refractivity contribution in [2.75, 3.05) is 0 Å². The third-order valence-corrected chi connectivity index (χ3v) is 2.02. The van der Waals surface area contributed by atoms with Gasteiger partial charge < -0.3 is 5.26 Å². The van der Waals surface area contributed by atoms with Crippen LogP contribution in [0.4, 0.5) is 0 Å². The van der Waals surface area contributed by atoms with E-state index in [1.807, 2.05) is 0 Å². The number of hydrogen-bond acceptors (Lipinski definition) is 6. The summed E-state index contributed by atoms with van der Waals surface area (Å²) >= 11 is 0.822. The molecule has 6 nitrogen and oxygen atoms in total. The van der Waals surface area contributed by atoms with Crippen LogP contribution in [0.1, 0.15) is 0 Å². The van der Waals surface area contributed by atoms with Crippen molar-refractivity contribution >= 4 is 23.1 Å². The van der Waals surface area contributed by atoms with Crippen LogP contribution in [0.2, 0.25) is 0 Å². The summed E-state index contributed by atoms with van der Waals surface area (Å²) in [6.07, 6.45) is 0. The van der Waals surface area contributed by atoms with Crippen LogP contribution < -0.4 is 34.8 Å². The van der Waals surface area contributed by atoms with E-state index in [1.54, 1.807) is 18.2 Å². The Morgan fingerprint density at radius 2 is 2.07 bits per heavy atom. The molecule has 0 aliphatic rings. The predicted octanol–water partition coefficient (Wildman–Crippen LogP) is -2.81. The van der Waals surface area contributed by atoms with Crippen LogP contribution in [0.25, 0.3) is 11.0 Å². The van der Waals surface area contributed by atoms with E-state index in [0.717, 1.165) is 22.5 Å². The van der Waals surface area contributed by atoms with E-state index in [4.69, 9.17) is 0 Å². The van der Waals surface area contributed by atoms with E-state index in [1.165, 1.54) is 0 Å². The fraction of sp³-hybridized carbons (Fsp3) is 0. The molecule has 2 rings (SSSR count). The SMILES string of the molecule is [Na+].[O-]OOSc1ccc2n[nH]nc2c1. The fourth-order valence-corrected chi connectivity index (χ4v) is 1.31. The molecule has 1 N–H and O–H groups in total. The molecule has 0 spiro atoms. The second-order valence-corrected chi connectivity index (χ2v) is 2.97. The molecule has 0 amide bonds. The molecule has 2 aromatic rings. The molecule has 0 aliphatic carbocycles. The molecule has 14 heavy (non-hydrogen) atoms. The molecule has 0 unspecified atom stereocenters. The first kappa shape index (κ1) is 11.9. The van der Waals surface area contributed by atoms with Crippen molar-refractivity contribution in [1.82, 2.24) is 15.4 Å². The summed E-state index contributed by atoms with van der Waals surface area (Å²) in [5.41, 5.74) is 1.46. The van der Waals surface area contributed by atoms with Gasteiger partial charge >= 0.3 is 29.6 Å². The Hall–Kier alpha value is -0.150. The second kappa shape index (κ2) is 5.66. The van der Waals surface area contributed by atoms with E-state index in [9.17, 15) is 5.26 Å². The summed E-state index contributed by atoms with van der Waals surface area (Å²) in [4.78, 5) is 0.720. The minimum atomic E-state index is 0. The Bertz CT molecular complexity index is 410. The number of hydrogen-bond donors (Lipinski definition) is 1. The minimum absolute atomic E-state index is 0. The molecule has 1 aromatic heterocycles. The number of nitrogens with one attached hydrogen (secondary N) is 1. The monoisotopic (exact) mass is 221 g/mol. The number of benzene rings is 1. The molecule has 0 fully saturated rings. The first-order valence-electron chi connectivity index (χ1n) is 3.34. The van der Waals surface area contributed by atoms with Crippen LogP contribution in [0.3, 0.4) is 0 Å². The summed E-state index contributed by atoms with van der Waals surface area (Å²) in [7, 11) is 0. The van der Waals surface area contributed by atoms with Gasteiger partial charge in [-0.1, -0.05) is 0 Å². The normalized spacial score (nSPS) is 10.1. The maximum atomic E-state index is 9.54. The predicted molar refractivity (Wildman–Crippen MR) is 41.9 cm³/mol. The molecule has 0 saturated carbocycles. The van der Waals surface area contributed by atoms with Crippen LogP contribution in [0.5, 0.6) is 0 Å². The molecule has 0 atom stereocenters. The first-order chi connectivity index (χ1) is 6.40. The van der Waals surface area contributed by atoms with E-state index in [2.05, 4.69) is 24.8 Å². The van der Waals surface area contributed by atoms with Crippen molar-refractivity contribution in [2.24, 2.45) is 0 Å². The van der Waals surface area contributed by atoms with E-state index >= 15 is 0 Å². The van der Waals surface area contributed by atoms with Crippen LogP contribution in [0, 0.1) is 0 Å². The van der Waals surface area contributed by atoms with Gasteiger partial charge in [-0.3, -0.25) is 5.04 Å². The number of rotatable bonds is 3. The Morgan fingerprint density at radius 3 is 2.86 bits per heavy atom. The summed E-state index contributed by atoms with van der Waals surface area (Å²) in [5.74, 6) is 0.